The van der Waals surface area contributed by atoms with Gasteiger partial charge in [0.25, 0.3) is 0 Å². The number of fused-ring (bicyclic) bond motifs is 3. The zero-order valence-electron chi connectivity index (χ0n) is 22.2. The van der Waals surface area contributed by atoms with E-state index in [0.717, 1.165) is 43.1 Å². The van der Waals surface area contributed by atoms with Crippen LogP contribution < -0.4 is 18.9 Å². The van der Waals surface area contributed by atoms with Crippen LogP contribution in [0.25, 0.3) is 0 Å². The zero-order chi connectivity index (χ0) is 25.3. The molecule has 4 rings (SSSR count). The Labute approximate surface area is 209 Å². The molecule has 1 saturated heterocycles. The van der Waals surface area contributed by atoms with Gasteiger partial charge in [-0.2, -0.15) is 0 Å². The van der Waals surface area contributed by atoms with Gasteiger partial charge in [0.1, 0.15) is 5.78 Å². The Bertz CT molecular complexity index is 1100. The largest absolute Gasteiger partial charge is 0.493 e. The predicted molar refractivity (Wildman–Crippen MR) is 137 cm³/mol. The van der Waals surface area contributed by atoms with Crippen LogP contribution in [0.3, 0.4) is 0 Å². The molecule has 2 aromatic carbocycles. The molecule has 2 aliphatic heterocycles. The van der Waals surface area contributed by atoms with Gasteiger partial charge in [0.05, 0.1) is 34.0 Å². The van der Waals surface area contributed by atoms with E-state index in [2.05, 4.69) is 43.9 Å². The van der Waals surface area contributed by atoms with Crippen molar-refractivity contribution in [3.05, 3.63) is 46.5 Å². The number of carbonyl (C=O) groups excluding carboxylic acids is 1. The molecule has 0 bridgehead atoms. The number of hydrogen-bond acceptors (Lipinski definition) is 6. The number of hydrogen-bond donors (Lipinski definition) is 0. The summed E-state index contributed by atoms with van der Waals surface area (Å²) in [5.74, 6) is 3.37. The average Bonchev–Trinajstić information content (AvgIpc) is 2.86. The molecule has 3 atom stereocenters. The third-order valence-corrected chi connectivity index (χ3v) is 8.03. The third kappa shape index (κ3) is 4.16. The monoisotopic (exact) mass is 481 g/mol. The van der Waals surface area contributed by atoms with Gasteiger partial charge in [-0.3, -0.25) is 9.69 Å². The van der Waals surface area contributed by atoms with Gasteiger partial charge >= 0.3 is 0 Å². The van der Waals surface area contributed by atoms with E-state index in [4.69, 9.17) is 18.9 Å². The number of ketones is 1. The molecular weight excluding hydrogens is 442 g/mol. The van der Waals surface area contributed by atoms with Crippen molar-refractivity contribution >= 4 is 5.78 Å². The predicted octanol–water partition coefficient (Wildman–Crippen LogP) is 5.48. The molecule has 0 saturated carbocycles. The van der Waals surface area contributed by atoms with Crippen LogP contribution in [0.1, 0.15) is 74.6 Å². The molecule has 1 fully saturated rings. The maximum atomic E-state index is 12.8. The lowest BCUT2D eigenvalue weighted by Gasteiger charge is -2.55. The fourth-order valence-electron chi connectivity index (χ4n) is 6.37. The van der Waals surface area contributed by atoms with Gasteiger partial charge in [0, 0.05) is 36.9 Å². The summed E-state index contributed by atoms with van der Waals surface area (Å²) >= 11 is 0. The van der Waals surface area contributed by atoms with Crippen molar-refractivity contribution in [1.82, 2.24) is 4.90 Å². The van der Waals surface area contributed by atoms with Crippen LogP contribution in [-0.4, -0.2) is 51.7 Å². The molecule has 0 aliphatic carbocycles. The van der Waals surface area contributed by atoms with E-state index in [1.165, 1.54) is 22.3 Å². The first kappa shape index (κ1) is 25.4. The molecule has 6 nitrogen and oxygen atoms in total. The summed E-state index contributed by atoms with van der Waals surface area (Å²) < 4.78 is 23.0. The standard InChI is InChI=1S/C29H39NO5/c1-8-9-10-21-27-22(16-25(34-6)28(21)35-7)29(3)17-20(31)13-14-30(29)18(2)26(27)19-11-12-23(32-4)24(15-19)33-5/h11-12,15-16,18,26H,8-10,13-14,17H2,1-7H3/t18-,26-,29?/m1/s1. The highest BCUT2D eigenvalue weighted by Crippen LogP contribution is 2.55. The second-order valence-electron chi connectivity index (χ2n) is 9.92. The topological polar surface area (TPSA) is 57.2 Å². The summed E-state index contributed by atoms with van der Waals surface area (Å²) in [7, 11) is 6.74. The van der Waals surface area contributed by atoms with Crippen LogP contribution in [0, 0.1) is 0 Å². The normalized spacial score (nSPS) is 23.9. The molecule has 1 unspecified atom stereocenters. The molecule has 0 N–H and O–H groups in total. The van der Waals surface area contributed by atoms with Crippen LogP contribution in [-0.2, 0) is 16.8 Å². The lowest BCUT2D eigenvalue weighted by atomic mass is 9.66. The zero-order valence-corrected chi connectivity index (χ0v) is 22.2. The Kier molecular flexibility index (Phi) is 7.32. The Morgan fingerprint density at radius 3 is 2.34 bits per heavy atom. The molecule has 2 aliphatic rings. The lowest BCUT2D eigenvalue weighted by Crippen LogP contribution is -2.59. The Balaban J connectivity index is 2.05. The first-order valence-electron chi connectivity index (χ1n) is 12.6. The van der Waals surface area contributed by atoms with E-state index in [1.807, 2.05) is 6.07 Å². The molecule has 6 heteroatoms. The fraction of sp³-hybridized carbons (Fsp3) is 0.552. The number of benzene rings is 2. The second-order valence-corrected chi connectivity index (χ2v) is 9.92. The Morgan fingerprint density at radius 1 is 1.00 bits per heavy atom. The van der Waals surface area contributed by atoms with Gasteiger partial charge in [0.15, 0.2) is 23.0 Å². The quantitative estimate of drug-likeness (QED) is 0.498. The van der Waals surface area contributed by atoms with Gasteiger partial charge in [-0.1, -0.05) is 19.4 Å². The van der Waals surface area contributed by atoms with Crippen molar-refractivity contribution in [2.45, 2.75) is 70.4 Å². The molecule has 35 heavy (non-hydrogen) atoms. The van der Waals surface area contributed by atoms with Gasteiger partial charge in [0.2, 0.25) is 0 Å². The highest BCUT2D eigenvalue weighted by molar-refractivity contribution is 5.81. The molecule has 190 valence electrons. The number of rotatable bonds is 8. The molecule has 2 aromatic rings. The fourth-order valence-corrected chi connectivity index (χ4v) is 6.37. The number of piperidine rings is 1. The van der Waals surface area contributed by atoms with Gasteiger partial charge in [-0.25, -0.2) is 0 Å². The number of carbonyl (C=O) groups is 1. The van der Waals surface area contributed by atoms with E-state index < -0.39 is 5.54 Å². The molecule has 0 amide bonds. The number of Topliss-reactive ketones (excluding diaryl/α,β-unsaturated/α-hetero) is 1. The number of ether oxygens (including phenoxy) is 4. The van der Waals surface area contributed by atoms with Crippen molar-refractivity contribution in [2.24, 2.45) is 0 Å². The summed E-state index contributed by atoms with van der Waals surface area (Å²) in [6.07, 6.45) is 4.10. The van der Waals surface area contributed by atoms with Crippen LogP contribution in [0.5, 0.6) is 23.0 Å². The molecule has 0 radical (unpaired) electrons. The van der Waals surface area contributed by atoms with Crippen molar-refractivity contribution in [1.29, 1.82) is 0 Å². The van der Waals surface area contributed by atoms with Crippen LogP contribution in [0.4, 0.5) is 0 Å². The van der Waals surface area contributed by atoms with Crippen molar-refractivity contribution in [3.63, 3.8) is 0 Å². The average molecular weight is 482 g/mol. The number of methoxy groups -OCH3 is 4. The van der Waals surface area contributed by atoms with Crippen molar-refractivity contribution in [2.75, 3.05) is 35.0 Å². The van der Waals surface area contributed by atoms with E-state index in [9.17, 15) is 4.79 Å². The third-order valence-electron chi connectivity index (χ3n) is 8.03. The van der Waals surface area contributed by atoms with Gasteiger partial charge < -0.3 is 18.9 Å². The molecule has 0 aromatic heterocycles. The number of unbranched alkanes of at least 4 members (excludes halogenated alkanes) is 1. The Hall–Kier alpha value is -2.73. The van der Waals surface area contributed by atoms with Gasteiger partial charge in [-0.15, -0.1) is 0 Å². The minimum atomic E-state index is -0.391. The van der Waals surface area contributed by atoms with E-state index in [0.29, 0.717) is 24.4 Å². The first-order chi connectivity index (χ1) is 16.8. The molecular formula is C29H39NO5. The summed E-state index contributed by atoms with van der Waals surface area (Å²) in [5, 5.41) is 0. The molecule has 0 spiro atoms. The first-order valence-corrected chi connectivity index (χ1v) is 12.6. The van der Waals surface area contributed by atoms with E-state index >= 15 is 0 Å². The summed E-state index contributed by atoms with van der Waals surface area (Å²) in [5.41, 5.74) is 4.41. The Morgan fingerprint density at radius 2 is 1.71 bits per heavy atom. The van der Waals surface area contributed by atoms with E-state index in [-0.39, 0.29) is 12.0 Å². The summed E-state index contributed by atoms with van der Waals surface area (Å²) in [6, 6.07) is 8.53. The lowest BCUT2D eigenvalue weighted by molar-refractivity contribution is -0.128. The highest BCUT2D eigenvalue weighted by Gasteiger charge is 2.51. The van der Waals surface area contributed by atoms with E-state index in [1.54, 1.807) is 28.4 Å². The second kappa shape index (κ2) is 10.1. The number of nitrogens with zero attached hydrogens (tertiary/aromatic N) is 1. The van der Waals surface area contributed by atoms with Gasteiger partial charge in [-0.05, 0) is 61.6 Å². The smallest absolute Gasteiger partial charge is 0.164 e. The molecule has 2 heterocycles. The van der Waals surface area contributed by atoms with Crippen LogP contribution in [0.15, 0.2) is 24.3 Å². The minimum absolute atomic E-state index is 0.0812. The van der Waals surface area contributed by atoms with Crippen molar-refractivity contribution in [3.8, 4) is 23.0 Å². The van der Waals surface area contributed by atoms with Crippen LogP contribution in [0.2, 0.25) is 0 Å². The summed E-state index contributed by atoms with van der Waals surface area (Å²) in [4.78, 5) is 15.3. The maximum Gasteiger partial charge on any atom is 0.164 e. The SMILES string of the molecule is CCCCc1c(OC)c(OC)cc2c1[C@@H](c1ccc(OC)c(OC)c1)[C@@H](C)N1CCC(=O)CC21C. The highest BCUT2D eigenvalue weighted by atomic mass is 16.5. The maximum absolute atomic E-state index is 12.8. The summed E-state index contributed by atoms with van der Waals surface area (Å²) in [6.45, 7) is 7.47. The van der Waals surface area contributed by atoms with Crippen molar-refractivity contribution < 1.29 is 23.7 Å². The minimum Gasteiger partial charge on any atom is -0.493 e. The van der Waals surface area contributed by atoms with Crippen LogP contribution >= 0.6 is 0 Å².